The average Bonchev–Trinajstić information content (AvgIpc) is 2.36. The maximum atomic E-state index is 11.7. The molecule has 1 aromatic rings. The van der Waals surface area contributed by atoms with Gasteiger partial charge in [0.15, 0.2) is 0 Å². The number of benzene rings is 1. The molecule has 1 aromatic carbocycles. The smallest absolute Gasteiger partial charge is 0.143 e. The maximum absolute atomic E-state index is 11.7. The summed E-state index contributed by atoms with van der Waals surface area (Å²) in [7, 11) is 0. The third kappa shape index (κ3) is 7.02. The van der Waals surface area contributed by atoms with E-state index in [1.54, 1.807) is 11.8 Å². The number of rotatable bonds is 9. The molecule has 0 N–H and O–H groups in total. The van der Waals surface area contributed by atoms with Gasteiger partial charge in [-0.3, -0.25) is 4.79 Å². The second kappa shape index (κ2) is 9.40. The van der Waals surface area contributed by atoms with E-state index in [0.717, 1.165) is 35.1 Å². The molecule has 1 rings (SSSR count). The molecule has 0 radical (unpaired) electrons. The minimum Gasteiger partial charge on any atom is -0.299 e. The fraction of sp³-hybridized carbons (Fsp3) is 0.400. The highest BCUT2D eigenvalue weighted by Crippen LogP contribution is 2.22. The molecule has 0 saturated carbocycles. The molecule has 3 heteroatoms. The second-order valence-corrected chi connectivity index (χ2v) is 6.14. The minimum atomic E-state index is 0.346. The van der Waals surface area contributed by atoms with Crippen molar-refractivity contribution in [3.05, 3.63) is 41.4 Å². The van der Waals surface area contributed by atoms with E-state index in [0.29, 0.717) is 18.0 Å². The minimum absolute atomic E-state index is 0.346. The molecule has 98 valence electrons. The predicted octanol–water partition coefficient (Wildman–Crippen LogP) is 5.25. The van der Waals surface area contributed by atoms with Crippen LogP contribution >= 0.6 is 27.7 Å². The zero-order valence-corrected chi connectivity index (χ0v) is 12.9. The van der Waals surface area contributed by atoms with E-state index in [2.05, 4.69) is 22.5 Å². The van der Waals surface area contributed by atoms with Crippen molar-refractivity contribution in [2.75, 3.05) is 5.75 Å². The number of hydrogen-bond donors (Lipinski definition) is 0. The average molecular weight is 327 g/mol. The van der Waals surface area contributed by atoms with E-state index in [4.69, 9.17) is 0 Å². The molecule has 1 nitrogen and oxygen atoms in total. The summed E-state index contributed by atoms with van der Waals surface area (Å²) in [4.78, 5) is 12.8. The van der Waals surface area contributed by atoms with Crippen LogP contribution in [0.5, 0.6) is 0 Å². The number of halogens is 1. The lowest BCUT2D eigenvalue weighted by atomic mass is 10.1. The van der Waals surface area contributed by atoms with Crippen molar-refractivity contribution < 1.29 is 4.79 Å². The van der Waals surface area contributed by atoms with Crippen molar-refractivity contribution in [2.24, 2.45) is 0 Å². The van der Waals surface area contributed by atoms with Gasteiger partial charge in [-0.25, -0.2) is 0 Å². The number of thioether (sulfide) groups is 1. The molecule has 0 saturated heterocycles. The summed E-state index contributed by atoms with van der Waals surface area (Å²) < 4.78 is 1.06. The van der Waals surface area contributed by atoms with Gasteiger partial charge in [-0.2, -0.15) is 0 Å². The summed E-state index contributed by atoms with van der Waals surface area (Å²) in [6.45, 7) is 3.69. The normalized spacial score (nSPS) is 10.3. The third-order valence-corrected chi connectivity index (χ3v) is 4.11. The van der Waals surface area contributed by atoms with Crippen molar-refractivity contribution >= 4 is 33.5 Å². The van der Waals surface area contributed by atoms with Crippen molar-refractivity contribution in [3.63, 3.8) is 0 Å². The Kier molecular flexibility index (Phi) is 8.10. The van der Waals surface area contributed by atoms with Gasteiger partial charge in [0.05, 0.1) is 5.75 Å². The number of Topliss-reactive ketones (excluding diaryl/α,β-unsaturated/α-hetero) is 1. The van der Waals surface area contributed by atoms with Gasteiger partial charge in [-0.1, -0.05) is 34.5 Å². The van der Waals surface area contributed by atoms with Gasteiger partial charge in [0.1, 0.15) is 5.78 Å². The molecule has 0 aliphatic heterocycles. The lowest BCUT2D eigenvalue weighted by Crippen LogP contribution is -2.00. The maximum Gasteiger partial charge on any atom is 0.143 e. The standard InChI is InChI=1S/C15H19BrOS/c1-2-3-4-5-6-9-14(17)12-18-15-10-7-8-13(16)11-15/h2,7-8,10-11H,1,3-6,9,12H2. The summed E-state index contributed by atoms with van der Waals surface area (Å²) in [5.41, 5.74) is 0. The van der Waals surface area contributed by atoms with Crippen LogP contribution in [0.1, 0.15) is 32.1 Å². The second-order valence-electron chi connectivity index (χ2n) is 4.17. The topological polar surface area (TPSA) is 17.1 Å². The van der Waals surface area contributed by atoms with Crippen LogP contribution in [0.4, 0.5) is 0 Å². The zero-order valence-electron chi connectivity index (χ0n) is 10.5. The summed E-state index contributed by atoms with van der Waals surface area (Å²) >= 11 is 5.04. The van der Waals surface area contributed by atoms with Gasteiger partial charge in [-0.05, 0) is 37.5 Å². The summed E-state index contributed by atoms with van der Waals surface area (Å²) in [5.74, 6) is 0.927. The molecule has 0 fully saturated rings. The van der Waals surface area contributed by atoms with Crippen LogP contribution in [0, 0.1) is 0 Å². The Bertz CT molecular complexity index is 390. The van der Waals surface area contributed by atoms with Crippen LogP contribution in [-0.2, 0) is 4.79 Å². The Labute approximate surface area is 122 Å². The molecule has 0 spiro atoms. The highest BCUT2D eigenvalue weighted by Gasteiger charge is 2.03. The lowest BCUT2D eigenvalue weighted by molar-refractivity contribution is -0.116. The molecular weight excluding hydrogens is 308 g/mol. The van der Waals surface area contributed by atoms with E-state index in [-0.39, 0.29) is 0 Å². The number of unbranched alkanes of at least 4 members (excludes halogenated alkanes) is 3. The highest BCUT2D eigenvalue weighted by molar-refractivity contribution is 9.10. The Hall–Kier alpha value is -0.540. The van der Waals surface area contributed by atoms with Gasteiger partial charge >= 0.3 is 0 Å². The SMILES string of the molecule is C=CCCCCCC(=O)CSc1cccc(Br)c1. The largest absolute Gasteiger partial charge is 0.299 e. The monoisotopic (exact) mass is 326 g/mol. The van der Waals surface area contributed by atoms with Gasteiger partial charge in [0.25, 0.3) is 0 Å². The number of hydrogen-bond acceptors (Lipinski definition) is 2. The zero-order chi connectivity index (χ0) is 13.2. The van der Waals surface area contributed by atoms with Crippen LogP contribution in [0.2, 0.25) is 0 Å². The molecule has 18 heavy (non-hydrogen) atoms. The highest BCUT2D eigenvalue weighted by atomic mass is 79.9. The van der Waals surface area contributed by atoms with Crippen LogP contribution < -0.4 is 0 Å². The third-order valence-electron chi connectivity index (χ3n) is 2.56. The summed E-state index contributed by atoms with van der Waals surface area (Å²) in [5, 5.41) is 0. The first-order valence-electron chi connectivity index (χ1n) is 6.23. The predicted molar refractivity (Wildman–Crippen MR) is 83.2 cm³/mol. The van der Waals surface area contributed by atoms with E-state index in [1.807, 2.05) is 30.3 Å². The van der Waals surface area contributed by atoms with Gasteiger partial charge in [0.2, 0.25) is 0 Å². The van der Waals surface area contributed by atoms with E-state index >= 15 is 0 Å². The van der Waals surface area contributed by atoms with Crippen molar-refractivity contribution in [2.45, 2.75) is 37.0 Å². The quantitative estimate of drug-likeness (QED) is 0.350. The van der Waals surface area contributed by atoms with Crippen molar-refractivity contribution in [3.8, 4) is 0 Å². The molecule has 0 heterocycles. The molecule has 0 atom stereocenters. The Morgan fingerprint density at radius 2 is 2.17 bits per heavy atom. The first-order valence-corrected chi connectivity index (χ1v) is 8.01. The van der Waals surface area contributed by atoms with Crippen LogP contribution in [0.15, 0.2) is 46.3 Å². The fourth-order valence-electron chi connectivity index (χ4n) is 1.58. The molecular formula is C15H19BrOS. The molecule has 0 bridgehead atoms. The van der Waals surface area contributed by atoms with Crippen LogP contribution in [0.3, 0.4) is 0 Å². The molecule has 0 amide bonds. The number of allylic oxidation sites excluding steroid dienone is 1. The van der Waals surface area contributed by atoms with E-state index in [9.17, 15) is 4.79 Å². The molecule has 0 aromatic heterocycles. The Balaban J connectivity index is 2.15. The van der Waals surface area contributed by atoms with Gasteiger partial charge in [0, 0.05) is 15.8 Å². The molecule has 0 aliphatic carbocycles. The molecule has 0 unspecified atom stereocenters. The van der Waals surface area contributed by atoms with Gasteiger partial charge < -0.3 is 0 Å². The molecule has 0 aliphatic rings. The first kappa shape index (κ1) is 15.5. The summed E-state index contributed by atoms with van der Waals surface area (Å²) in [6.07, 6.45) is 6.98. The first-order chi connectivity index (χ1) is 8.72. The summed E-state index contributed by atoms with van der Waals surface area (Å²) in [6, 6.07) is 8.06. The van der Waals surface area contributed by atoms with Gasteiger partial charge in [-0.15, -0.1) is 18.3 Å². The van der Waals surface area contributed by atoms with Crippen molar-refractivity contribution in [1.82, 2.24) is 0 Å². The number of ketones is 1. The van der Waals surface area contributed by atoms with E-state index in [1.165, 1.54) is 0 Å². The fourth-order valence-corrected chi connectivity index (χ4v) is 2.99. The van der Waals surface area contributed by atoms with Crippen LogP contribution in [0.25, 0.3) is 0 Å². The lowest BCUT2D eigenvalue weighted by Gasteiger charge is -2.02. The Morgan fingerprint density at radius 1 is 1.33 bits per heavy atom. The Morgan fingerprint density at radius 3 is 2.89 bits per heavy atom. The van der Waals surface area contributed by atoms with Crippen LogP contribution in [-0.4, -0.2) is 11.5 Å². The number of carbonyl (C=O) groups is 1. The van der Waals surface area contributed by atoms with Crippen molar-refractivity contribution in [1.29, 1.82) is 0 Å². The number of carbonyl (C=O) groups excluding carboxylic acids is 1. The van der Waals surface area contributed by atoms with E-state index < -0.39 is 0 Å².